The second-order valence-corrected chi connectivity index (χ2v) is 6.07. The highest BCUT2D eigenvalue weighted by atomic mass is 16.5. The van der Waals surface area contributed by atoms with Crippen molar-refractivity contribution in [1.82, 2.24) is 24.7 Å². The number of carbonyl (C=O) groups is 1. The topological polar surface area (TPSA) is 67.4 Å². The van der Waals surface area contributed by atoms with Gasteiger partial charge in [0.2, 0.25) is 5.91 Å². The van der Waals surface area contributed by atoms with Gasteiger partial charge < -0.3 is 9.42 Å². The Bertz CT molecular complexity index is 637. The first-order chi connectivity index (χ1) is 11.1. The molecule has 0 spiro atoms. The van der Waals surface area contributed by atoms with Crippen LogP contribution in [0.4, 0.5) is 0 Å². The van der Waals surface area contributed by atoms with Crippen molar-refractivity contribution in [1.29, 1.82) is 0 Å². The van der Waals surface area contributed by atoms with Crippen LogP contribution in [0.15, 0.2) is 23.0 Å². The van der Waals surface area contributed by atoms with Gasteiger partial charge >= 0.3 is 0 Å². The van der Waals surface area contributed by atoms with Crippen molar-refractivity contribution >= 4 is 5.91 Å². The Morgan fingerprint density at radius 2 is 2.04 bits per heavy atom. The lowest BCUT2D eigenvalue weighted by atomic mass is 10.1. The Morgan fingerprint density at radius 3 is 2.61 bits per heavy atom. The summed E-state index contributed by atoms with van der Waals surface area (Å²) >= 11 is 0. The number of piperazine rings is 1. The van der Waals surface area contributed by atoms with Gasteiger partial charge in [-0.15, -0.1) is 0 Å². The van der Waals surface area contributed by atoms with E-state index in [1.165, 1.54) is 0 Å². The van der Waals surface area contributed by atoms with Crippen molar-refractivity contribution in [3.63, 3.8) is 0 Å². The van der Waals surface area contributed by atoms with Crippen molar-refractivity contribution in [2.45, 2.75) is 33.4 Å². The van der Waals surface area contributed by atoms with Gasteiger partial charge in [0.05, 0.1) is 5.69 Å². The summed E-state index contributed by atoms with van der Waals surface area (Å²) < 4.78 is 6.92. The number of hydrogen-bond acceptors (Lipinski definition) is 5. The van der Waals surface area contributed by atoms with Gasteiger partial charge in [0.15, 0.2) is 0 Å². The zero-order valence-electron chi connectivity index (χ0n) is 13.9. The van der Waals surface area contributed by atoms with Crippen LogP contribution in [0.1, 0.15) is 30.0 Å². The highest BCUT2D eigenvalue weighted by Crippen LogP contribution is 2.17. The van der Waals surface area contributed by atoms with E-state index in [-0.39, 0.29) is 11.9 Å². The largest absolute Gasteiger partial charge is 0.361 e. The molecule has 0 radical (unpaired) electrons. The molecule has 1 unspecified atom stereocenters. The molecule has 1 amide bonds. The minimum absolute atomic E-state index is 0.130. The Kier molecular flexibility index (Phi) is 4.47. The van der Waals surface area contributed by atoms with Crippen molar-refractivity contribution in [2.24, 2.45) is 0 Å². The van der Waals surface area contributed by atoms with Gasteiger partial charge in [-0.3, -0.25) is 14.4 Å². The first-order valence-corrected chi connectivity index (χ1v) is 7.98. The number of aromatic nitrogens is 3. The predicted octanol–water partition coefficient (Wildman–Crippen LogP) is 1.39. The first kappa shape index (κ1) is 15.7. The molecule has 7 heteroatoms. The molecule has 3 heterocycles. The minimum Gasteiger partial charge on any atom is -0.361 e. The molecular weight excluding hydrogens is 294 g/mol. The molecule has 1 aliphatic heterocycles. The molecule has 23 heavy (non-hydrogen) atoms. The molecule has 1 fully saturated rings. The summed E-state index contributed by atoms with van der Waals surface area (Å²) in [5.41, 5.74) is 2.11. The molecule has 0 saturated carbocycles. The fourth-order valence-corrected chi connectivity index (χ4v) is 2.96. The average Bonchev–Trinajstić information content (AvgIpc) is 3.20. The molecule has 0 aliphatic carbocycles. The average molecular weight is 317 g/mol. The lowest BCUT2D eigenvalue weighted by molar-refractivity contribution is -0.136. The van der Waals surface area contributed by atoms with Crippen LogP contribution in [0.3, 0.4) is 0 Å². The van der Waals surface area contributed by atoms with Crippen LogP contribution in [0.2, 0.25) is 0 Å². The molecule has 2 aromatic heterocycles. The second-order valence-electron chi connectivity index (χ2n) is 6.07. The third-order valence-corrected chi connectivity index (χ3v) is 4.53. The number of aryl methyl sites for hydroxylation is 2. The quantitative estimate of drug-likeness (QED) is 0.852. The van der Waals surface area contributed by atoms with Crippen LogP contribution in [-0.2, 0) is 11.3 Å². The fraction of sp³-hybridized carbons (Fsp3) is 0.562. The van der Waals surface area contributed by atoms with Gasteiger partial charge in [-0.05, 0) is 26.8 Å². The number of hydrogen-bond donors (Lipinski definition) is 0. The first-order valence-electron chi connectivity index (χ1n) is 7.98. The zero-order chi connectivity index (χ0) is 16.4. The van der Waals surface area contributed by atoms with E-state index in [0.29, 0.717) is 0 Å². The molecule has 0 aromatic carbocycles. The number of amides is 1. The van der Waals surface area contributed by atoms with Crippen molar-refractivity contribution in [3.8, 4) is 0 Å². The maximum absolute atomic E-state index is 12.5. The SMILES string of the molecule is Cc1noc(C)c1CN1CCN(C(=O)C(C)n2cccn2)CC1. The highest BCUT2D eigenvalue weighted by molar-refractivity contribution is 5.80. The van der Waals surface area contributed by atoms with Crippen LogP contribution in [0, 0.1) is 13.8 Å². The van der Waals surface area contributed by atoms with E-state index in [1.807, 2.05) is 37.9 Å². The van der Waals surface area contributed by atoms with Crippen LogP contribution < -0.4 is 0 Å². The van der Waals surface area contributed by atoms with E-state index in [0.717, 1.165) is 49.7 Å². The summed E-state index contributed by atoms with van der Waals surface area (Å²) in [4.78, 5) is 16.8. The number of rotatable bonds is 4. The standard InChI is InChI=1S/C16H23N5O2/c1-12-15(14(3)23-18-12)11-19-7-9-20(10-8-19)16(22)13(2)21-6-4-5-17-21/h4-6,13H,7-11H2,1-3H3. The van der Waals surface area contributed by atoms with Gasteiger partial charge in [-0.2, -0.15) is 5.10 Å². The third-order valence-electron chi connectivity index (χ3n) is 4.53. The van der Waals surface area contributed by atoms with Gasteiger partial charge in [0.1, 0.15) is 11.8 Å². The molecule has 0 N–H and O–H groups in total. The monoisotopic (exact) mass is 317 g/mol. The van der Waals surface area contributed by atoms with Gasteiger partial charge in [0, 0.05) is 50.7 Å². The molecule has 124 valence electrons. The summed E-state index contributed by atoms with van der Waals surface area (Å²) in [5, 5.41) is 8.16. The molecular formula is C16H23N5O2. The van der Waals surface area contributed by atoms with E-state index >= 15 is 0 Å². The van der Waals surface area contributed by atoms with Crippen LogP contribution in [0.25, 0.3) is 0 Å². The summed E-state index contributed by atoms with van der Waals surface area (Å²) in [6.07, 6.45) is 3.53. The summed E-state index contributed by atoms with van der Waals surface area (Å²) in [6, 6.07) is 1.59. The maximum Gasteiger partial charge on any atom is 0.247 e. The zero-order valence-corrected chi connectivity index (χ0v) is 13.9. The highest BCUT2D eigenvalue weighted by Gasteiger charge is 2.26. The fourth-order valence-electron chi connectivity index (χ4n) is 2.96. The molecule has 0 bridgehead atoms. The third kappa shape index (κ3) is 3.29. The molecule has 1 atom stereocenters. The smallest absolute Gasteiger partial charge is 0.247 e. The normalized spacial score (nSPS) is 17.4. The minimum atomic E-state index is -0.251. The van der Waals surface area contributed by atoms with E-state index in [9.17, 15) is 4.79 Å². The van der Waals surface area contributed by atoms with E-state index in [4.69, 9.17) is 4.52 Å². The van der Waals surface area contributed by atoms with Gasteiger partial charge in [-0.25, -0.2) is 0 Å². The maximum atomic E-state index is 12.5. The summed E-state index contributed by atoms with van der Waals surface area (Å²) in [7, 11) is 0. The summed E-state index contributed by atoms with van der Waals surface area (Å²) in [6.45, 7) is 9.85. The lowest BCUT2D eigenvalue weighted by Gasteiger charge is -2.35. The van der Waals surface area contributed by atoms with Crippen molar-refractivity contribution < 1.29 is 9.32 Å². The lowest BCUT2D eigenvalue weighted by Crippen LogP contribution is -2.50. The number of carbonyl (C=O) groups excluding carboxylic acids is 1. The Hall–Kier alpha value is -2.15. The molecule has 2 aromatic rings. The molecule has 3 rings (SSSR count). The van der Waals surface area contributed by atoms with Crippen molar-refractivity contribution in [3.05, 3.63) is 35.5 Å². The molecule has 1 saturated heterocycles. The van der Waals surface area contributed by atoms with Crippen LogP contribution >= 0.6 is 0 Å². The Balaban J connectivity index is 1.55. The van der Waals surface area contributed by atoms with E-state index in [1.54, 1.807) is 10.9 Å². The van der Waals surface area contributed by atoms with Crippen LogP contribution in [-0.4, -0.2) is 56.8 Å². The van der Waals surface area contributed by atoms with E-state index in [2.05, 4.69) is 15.2 Å². The second kappa shape index (κ2) is 6.54. The molecule has 1 aliphatic rings. The van der Waals surface area contributed by atoms with Crippen molar-refractivity contribution in [2.75, 3.05) is 26.2 Å². The predicted molar refractivity (Wildman–Crippen MR) is 84.8 cm³/mol. The van der Waals surface area contributed by atoms with Gasteiger partial charge in [-0.1, -0.05) is 5.16 Å². The number of nitrogens with zero attached hydrogens (tertiary/aromatic N) is 5. The van der Waals surface area contributed by atoms with E-state index < -0.39 is 0 Å². The van der Waals surface area contributed by atoms with Gasteiger partial charge in [0.25, 0.3) is 0 Å². The molecule has 7 nitrogen and oxygen atoms in total. The Labute approximate surface area is 135 Å². The summed E-state index contributed by atoms with van der Waals surface area (Å²) in [5.74, 6) is 1.01. The van der Waals surface area contributed by atoms with Crippen LogP contribution in [0.5, 0.6) is 0 Å². The Morgan fingerprint density at radius 1 is 1.30 bits per heavy atom.